The van der Waals surface area contributed by atoms with Gasteiger partial charge in [-0.25, -0.2) is 18.4 Å². The molecule has 6 nitrogen and oxygen atoms in total. The van der Waals surface area contributed by atoms with Gasteiger partial charge in [0.2, 0.25) is 5.88 Å². The van der Waals surface area contributed by atoms with Crippen LogP contribution in [0.2, 0.25) is 0 Å². The van der Waals surface area contributed by atoms with Gasteiger partial charge in [0.05, 0.1) is 11.4 Å². The first-order chi connectivity index (χ1) is 8.89. The van der Waals surface area contributed by atoms with Crippen LogP contribution < -0.4 is 10.1 Å². The molecule has 1 heterocycles. The Morgan fingerprint density at radius 2 is 2.16 bits per heavy atom. The van der Waals surface area contributed by atoms with Gasteiger partial charge in [-0.2, -0.15) is 0 Å². The summed E-state index contributed by atoms with van der Waals surface area (Å²) in [5.41, 5.74) is 0. The summed E-state index contributed by atoms with van der Waals surface area (Å²) >= 11 is 0. The van der Waals surface area contributed by atoms with Crippen LogP contribution in [0, 0.1) is 0 Å². The zero-order valence-corrected chi connectivity index (χ0v) is 12.2. The SMILES string of the molecule is CCOc1cc(NC(C)C2(S(C)(=O)=O)CC2)ncn1. The number of rotatable bonds is 6. The summed E-state index contributed by atoms with van der Waals surface area (Å²) in [6, 6.07) is 1.49. The number of ether oxygens (including phenoxy) is 1. The number of nitrogens with one attached hydrogen (secondary N) is 1. The van der Waals surface area contributed by atoms with Gasteiger partial charge in [-0.15, -0.1) is 0 Å². The van der Waals surface area contributed by atoms with Crippen molar-refractivity contribution in [3.8, 4) is 5.88 Å². The standard InChI is InChI=1S/C12H19N3O3S/c1-4-18-11-7-10(13-8-14-11)15-9(2)12(5-6-12)19(3,16)17/h7-9H,4-6H2,1-3H3,(H,13,14,15). The van der Waals surface area contributed by atoms with Crippen LogP contribution in [0.5, 0.6) is 5.88 Å². The quantitative estimate of drug-likeness (QED) is 0.847. The fraction of sp³-hybridized carbons (Fsp3) is 0.667. The average Bonchev–Trinajstić information content (AvgIpc) is 3.10. The lowest BCUT2D eigenvalue weighted by molar-refractivity contribution is 0.326. The molecule has 19 heavy (non-hydrogen) atoms. The molecule has 0 spiro atoms. The van der Waals surface area contributed by atoms with Gasteiger partial charge in [0.15, 0.2) is 9.84 Å². The zero-order chi connectivity index (χ0) is 14.1. The van der Waals surface area contributed by atoms with Crippen LogP contribution in [0.25, 0.3) is 0 Å². The van der Waals surface area contributed by atoms with E-state index < -0.39 is 14.6 Å². The molecule has 1 N–H and O–H groups in total. The zero-order valence-electron chi connectivity index (χ0n) is 11.4. The Bertz CT molecular complexity index is 555. The van der Waals surface area contributed by atoms with Crippen LogP contribution in [0.15, 0.2) is 12.4 Å². The topological polar surface area (TPSA) is 81.2 Å². The third-order valence-corrected chi connectivity index (χ3v) is 5.81. The second-order valence-electron chi connectivity index (χ2n) is 4.88. The van der Waals surface area contributed by atoms with Gasteiger partial charge >= 0.3 is 0 Å². The van der Waals surface area contributed by atoms with E-state index in [-0.39, 0.29) is 6.04 Å². The maximum atomic E-state index is 11.8. The Labute approximate surface area is 113 Å². The van der Waals surface area contributed by atoms with Gasteiger partial charge in [-0.3, -0.25) is 0 Å². The first-order valence-corrected chi connectivity index (χ1v) is 8.19. The van der Waals surface area contributed by atoms with E-state index in [0.29, 0.717) is 31.1 Å². The van der Waals surface area contributed by atoms with Crippen LogP contribution >= 0.6 is 0 Å². The van der Waals surface area contributed by atoms with Crippen LogP contribution in [0.1, 0.15) is 26.7 Å². The molecule has 0 aliphatic heterocycles. The van der Waals surface area contributed by atoms with Crippen molar-refractivity contribution in [3.63, 3.8) is 0 Å². The molecule has 1 saturated carbocycles. The van der Waals surface area contributed by atoms with Crippen molar-refractivity contribution in [2.24, 2.45) is 0 Å². The Morgan fingerprint density at radius 1 is 1.47 bits per heavy atom. The first-order valence-electron chi connectivity index (χ1n) is 6.30. The Balaban J connectivity index is 2.11. The molecular weight excluding hydrogens is 266 g/mol. The van der Waals surface area contributed by atoms with E-state index in [9.17, 15) is 8.42 Å². The van der Waals surface area contributed by atoms with E-state index in [1.54, 1.807) is 6.07 Å². The number of sulfone groups is 1. The van der Waals surface area contributed by atoms with Gasteiger partial charge in [-0.05, 0) is 26.7 Å². The van der Waals surface area contributed by atoms with E-state index in [2.05, 4.69) is 15.3 Å². The van der Waals surface area contributed by atoms with Crippen molar-refractivity contribution >= 4 is 15.7 Å². The second-order valence-corrected chi connectivity index (χ2v) is 7.23. The molecule has 1 aromatic heterocycles. The predicted octanol–water partition coefficient (Wildman–Crippen LogP) is 1.25. The highest BCUT2D eigenvalue weighted by atomic mass is 32.2. The molecule has 1 aromatic rings. The normalized spacial score (nSPS) is 18.7. The maximum Gasteiger partial charge on any atom is 0.218 e. The lowest BCUT2D eigenvalue weighted by atomic mass is 10.2. The lowest BCUT2D eigenvalue weighted by Gasteiger charge is -2.23. The summed E-state index contributed by atoms with van der Waals surface area (Å²) in [5, 5.41) is 3.14. The van der Waals surface area contributed by atoms with E-state index in [4.69, 9.17) is 4.74 Å². The summed E-state index contributed by atoms with van der Waals surface area (Å²) in [5.74, 6) is 1.07. The number of hydrogen-bond acceptors (Lipinski definition) is 6. The Kier molecular flexibility index (Phi) is 3.66. The molecule has 2 rings (SSSR count). The molecular formula is C12H19N3O3S. The number of hydrogen-bond donors (Lipinski definition) is 1. The first kappa shape index (κ1) is 14.0. The molecule has 1 aliphatic rings. The van der Waals surface area contributed by atoms with E-state index in [0.717, 1.165) is 0 Å². The average molecular weight is 285 g/mol. The Morgan fingerprint density at radius 3 is 2.68 bits per heavy atom. The highest BCUT2D eigenvalue weighted by molar-refractivity contribution is 7.92. The van der Waals surface area contributed by atoms with Crippen LogP contribution in [0.3, 0.4) is 0 Å². The van der Waals surface area contributed by atoms with Crippen molar-refractivity contribution in [2.45, 2.75) is 37.5 Å². The molecule has 1 fully saturated rings. The smallest absolute Gasteiger partial charge is 0.218 e. The molecule has 106 valence electrons. The fourth-order valence-corrected chi connectivity index (χ4v) is 3.79. The van der Waals surface area contributed by atoms with Crippen LogP contribution in [-0.2, 0) is 9.84 Å². The van der Waals surface area contributed by atoms with Crippen molar-refractivity contribution < 1.29 is 13.2 Å². The monoisotopic (exact) mass is 285 g/mol. The van der Waals surface area contributed by atoms with Crippen LogP contribution in [-0.4, -0.2) is 42.0 Å². The molecule has 1 atom stereocenters. The summed E-state index contributed by atoms with van der Waals surface area (Å²) in [4.78, 5) is 8.06. The van der Waals surface area contributed by atoms with E-state index in [1.165, 1.54) is 12.6 Å². The van der Waals surface area contributed by atoms with Gasteiger partial charge in [-0.1, -0.05) is 0 Å². The predicted molar refractivity (Wildman–Crippen MR) is 73.1 cm³/mol. The van der Waals surface area contributed by atoms with Crippen molar-refractivity contribution in [1.29, 1.82) is 0 Å². The molecule has 0 saturated heterocycles. The summed E-state index contributed by atoms with van der Waals surface area (Å²) in [6.45, 7) is 4.27. The number of aromatic nitrogens is 2. The molecule has 0 bridgehead atoms. The van der Waals surface area contributed by atoms with Gasteiger partial charge in [0.25, 0.3) is 0 Å². The molecule has 7 heteroatoms. The lowest BCUT2D eigenvalue weighted by Crippen LogP contribution is -2.39. The summed E-state index contributed by atoms with van der Waals surface area (Å²) in [7, 11) is -3.07. The highest BCUT2D eigenvalue weighted by Crippen LogP contribution is 2.46. The van der Waals surface area contributed by atoms with Gasteiger partial charge in [0.1, 0.15) is 12.1 Å². The third kappa shape index (κ3) is 2.80. The number of nitrogens with zero attached hydrogens (tertiary/aromatic N) is 2. The van der Waals surface area contributed by atoms with E-state index in [1.807, 2.05) is 13.8 Å². The largest absolute Gasteiger partial charge is 0.478 e. The minimum Gasteiger partial charge on any atom is -0.478 e. The maximum absolute atomic E-state index is 11.8. The molecule has 1 aliphatic carbocycles. The Hall–Kier alpha value is -1.37. The molecule has 0 aromatic carbocycles. The molecule has 0 radical (unpaired) electrons. The minimum atomic E-state index is -3.07. The molecule has 1 unspecified atom stereocenters. The fourth-order valence-electron chi connectivity index (χ4n) is 2.25. The van der Waals surface area contributed by atoms with Gasteiger partial charge < -0.3 is 10.1 Å². The summed E-state index contributed by atoms with van der Waals surface area (Å²) in [6.07, 6.45) is 4.09. The molecule has 0 amide bonds. The van der Waals surface area contributed by atoms with Crippen LogP contribution in [0.4, 0.5) is 5.82 Å². The van der Waals surface area contributed by atoms with Crippen molar-refractivity contribution in [3.05, 3.63) is 12.4 Å². The van der Waals surface area contributed by atoms with Gasteiger partial charge in [0, 0.05) is 18.4 Å². The summed E-state index contributed by atoms with van der Waals surface area (Å²) < 4.78 is 28.3. The minimum absolute atomic E-state index is 0.188. The highest BCUT2D eigenvalue weighted by Gasteiger charge is 2.56. The van der Waals surface area contributed by atoms with Crippen molar-refractivity contribution in [2.75, 3.05) is 18.2 Å². The van der Waals surface area contributed by atoms with Crippen molar-refractivity contribution in [1.82, 2.24) is 9.97 Å². The third-order valence-electron chi connectivity index (χ3n) is 3.57. The second kappa shape index (κ2) is 4.96. The van der Waals surface area contributed by atoms with E-state index >= 15 is 0 Å². The number of anilines is 1.